The van der Waals surface area contributed by atoms with Crippen molar-refractivity contribution in [1.29, 1.82) is 0 Å². The Kier molecular flexibility index (Phi) is 4.32. The summed E-state index contributed by atoms with van der Waals surface area (Å²) in [5.74, 6) is -1.17. The molecule has 0 spiro atoms. The van der Waals surface area contributed by atoms with Crippen LogP contribution in [0, 0.1) is 11.2 Å². The SMILES string of the molecule is O=CC12CC(c3ccc(-c4cc(F)c5c(c4)C(=O)N(CC(=O)Nc4nccs4)C5)cc3)(C1)C2. The molecule has 1 aliphatic heterocycles. The van der Waals surface area contributed by atoms with Crippen molar-refractivity contribution in [3.05, 3.63) is 70.5 Å². The lowest BCUT2D eigenvalue weighted by atomic mass is 9.34. The molecule has 0 saturated heterocycles. The van der Waals surface area contributed by atoms with Crippen LogP contribution >= 0.6 is 11.3 Å². The molecule has 1 aromatic heterocycles. The maximum absolute atomic E-state index is 14.9. The number of thiazole rings is 1. The molecule has 2 aromatic carbocycles. The molecule has 0 radical (unpaired) electrons. The van der Waals surface area contributed by atoms with E-state index in [0.29, 0.717) is 21.8 Å². The molecule has 3 saturated carbocycles. The summed E-state index contributed by atoms with van der Waals surface area (Å²) in [5, 5.41) is 4.85. The number of carbonyl (C=O) groups is 3. The zero-order valence-corrected chi connectivity index (χ0v) is 18.5. The Hall–Kier alpha value is -3.39. The van der Waals surface area contributed by atoms with Gasteiger partial charge < -0.3 is 15.0 Å². The number of benzene rings is 2. The number of aromatic nitrogens is 1. The van der Waals surface area contributed by atoms with Gasteiger partial charge in [-0.05, 0) is 53.5 Å². The molecule has 3 fully saturated rings. The van der Waals surface area contributed by atoms with E-state index in [-0.39, 0.29) is 35.7 Å². The average Bonchev–Trinajstić information content (AvgIpc) is 3.36. The fourth-order valence-corrected chi connectivity index (χ4v) is 6.19. The number of anilines is 1. The van der Waals surface area contributed by atoms with Crippen LogP contribution in [0.1, 0.15) is 40.7 Å². The first-order valence-electron chi connectivity index (χ1n) is 10.8. The van der Waals surface area contributed by atoms with Crippen LogP contribution in [0.2, 0.25) is 0 Å². The Morgan fingerprint density at radius 3 is 2.61 bits per heavy atom. The lowest BCUT2D eigenvalue weighted by Gasteiger charge is -2.68. The molecule has 7 rings (SSSR count). The normalized spacial score (nSPS) is 24.6. The van der Waals surface area contributed by atoms with Crippen LogP contribution in [0.25, 0.3) is 11.1 Å². The molecule has 166 valence electrons. The molecule has 8 heteroatoms. The van der Waals surface area contributed by atoms with E-state index in [1.54, 1.807) is 17.6 Å². The summed E-state index contributed by atoms with van der Waals surface area (Å²) < 4.78 is 14.9. The van der Waals surface area contributed by atoms with Crippen molar-refractivity contribution in [3.63, 3.8) is 0 Å². The minimum Gasteiger partial charge on any atom is -0.325 e. The molecule has 2 bridgehead atoms. The van der Waals surface area contributed by atoms with Gasteiger partial charge in [0.2, 0.25) is 5.91 Å². The lowest BCUT2D eigenvalue weighted by Crippen LogP contribution is -2.65. The number of aldehydes is 1. The number of amides is 2. The predicted molar refractivity (Wildman–Crippen MR) is 121 cm³/mol. The average molecular weight is 462 g/mol. The van der Waals surface area contributed by atoms with Crippen LogP contribution in [0.5, 0.6) is 0 Å². The summed E-state index contributed by atoms with van der Waals surface area (Å²) in [6.45, 7) is -0.105. The highest BCUT2D eigenvalue weighted by atomic mass is 32.1. The molecule has 1 N–H and O–H groups in total. The van der Waals surface area contributed by atoms with E-state index in [1.807, 2.05) is 24.3 Å². The minimum atomic E-state index is -0.449. The Bertz CT molecular complexity index is 1280. The minimum absolute atomic E-state index is 0.0610. The first kappa shape index (κ1) is 20.2. The first-order chi connectivity index (χ1) is 15.9. The van der Waals surface area contributed by atoms with Gasteiger partial charge in [0.25, 0.3) is 5.91 Å². The van der Waals surface area contributed by atoms with Gasteiger partial charge in [-0.3, -0.25) is 9.59 Å². The fraction of sp³-hybridized carbons (Fsp3) is 0.280. The third kappa shape index (κ3) is 3.12. The summed E-state index contributed by atoms with van der Waals surface area (Å²) in [6, 6.07) is 11.1. The Morgan fingerprint density at radius 2 is 1.94 bits per heavy atom. The van der Waals surface area contributed by atoms with Crippen molar-refractivity contribution >= 4 is 34.6 Å². The van der Waals surface area contributed by atoms with Gasteiger partial charge in [-0.15, -0.1) is 11.3 Å². The smallest absolute Gasteiger partial charge is 0.255 e. The summed E-state index contributed by atoms with van der Waals surface area (Å²) in [4.78, 5) is 41.7. The van der Waals surface area contributed by atoms with Crippen molar-refractivity contribution in [1.82, 2.24) is 9.88 Å². The quantitative estimate of drug-likeness (QED) is 0.559. The molecule has 0 atom stereocenters. The standard InChI is InChI=1S/C25H20FN3O3S/c26-20-8-16(15-1-3-17(4-2-15)25-11-24(12-25,13-25)14-30)7-18-19(20)9-29(22(18)32)10-21(31)28-23-27-5-6-33-23/h1-8,14H,9-13H2,(H,27,28,31). The fourth-order valence-electron chi connectivity index (χ4n) is 5.65. The van der Waals surface area contributed by atoms with E-state index in [1.165, 1.54) is 27.9 Å². The molecular formula is C25H20FN3O3S. The van der Waals surface area contributed by atoms with Crippen LogP contribution in [0.4, 0.5) is 9.52 Å². The lowest BCUT2D eigenvalue weighted by molar-refractivity contribution is -0.159. The highest BCUT2D eigenvalue weighted by Gasteiger charge is 2.68. The zero-order chi connectivity index (χ0) is 22.8. The number of halogens is 1. The molecule has 6 nitrogen and oxygen atoms in total. The Labute approximate surface area is 193 Å². The number of fused-ring (bicyclic) bond motifs is 1. The van der Waals surface area contributed by atoms with E-state index in [2.05, 4.69) is 10.3 Å². The monoisotopic (exact) mass is 461 g/mol. The van der Waals surface area contributed by atoms with Gasteiger partial charge in [0.15, 0.2) is 5.13 Å². The number of nitrogens with zero attached hydrogens (tertiary/aromatic N) is 2. The van der Waals surface area contributed by atoms with Crippen molar-refractivity contribution in [2.24, 2.45) is 5.41 Å². The van der Waals surface area contributed by atoms with Crippen LogP contribution in [-0.4, -0.2) is 34.5 Å². The molecule has 0 unspecified atom stereocenters. The van der Waals surface area contributed by atoms with Gasteiger partial charge in [-0.2, -0.15) is 0 Å². The predicted octanol–water partition coefficient (Wildman–Crippen LogP) is 4.16. The van der Waals surface area contributed by atoms with Gasteiger partial charge in [0, 0.05) is 28.1 Å². The highest BCUT2D eigenvalue weighted by Crippen LogP contribution is 2.72. The number of rotatable bonds is 6. The summed E-state index contributed by atoms with van der Waals surface area (Å²) >= 11 is 1.29. The van der Waals surface area contributed by atoms with Gasteiger partial charge in [-0.1, -0.05) is 24.3 Å². The van der Waals surface area contributed by atoms with E-state index < -0.39 is 5.82 Å². The summed E-state index contributed by atoms with van der Waals surface area (Å²) in [7, 11) is 0. The van der Waals surface area contributed by atoms with E-state index in [9.17, 15) is 18.8 Å². The van der Waals surface area contributed by atoms with Gasteiger partial charge in [0.05, 0.1) is 6.54 Å². The summed E-state index contributed by atoms with van der Waals surface area (Å²) in [6.07, 6.45) is 5.42. The van der Waals surface area contributed by atoms with Gasteiger partial charge >= 0.3 is 0 Å². The van der Waals surface area contributed by atoms with Crippen molar-refractivity contribution < 1.29 is 18.8 Å². The van der Waals surface area contributed by atoms with Crippen LogP contribution in [-0.2, 0) is 21.5 Å². The van der Waals surface area contributed by atoms with Crippen molar-refractivity contribution in [3.8, 4) is 11.1 Å². The topological polar surface area (TPSA) is 79.4 Å². The molecule has 2 amide bonds. The molecule has 3 aromatic rings. The molecule has 2 heterocycles. The van der Waals surface area contributed by atoms with Gasteiger partial charge in [0.1, 0.15) is 18.6 Å². The second-order valence-corrected chi connectivity index (χ2v) is 10.3. The van der Waals surface area contributed by atoms with E-state index in [0.717, 1.165) is 31.1 Å². The van der Waals surface area contributed by atoms with Gasteiger partial charge in [-0.25, -0.2) is 9.37 Å². The number of hydrogen-bond acceptors (Lipinski definition) is 5. The maximum Gasteiger partial charge on any atom is 0.255 e. The zero-order valence-electron chi connectivity index (χ0n) is 17.6. The summed E-state index contributed by atoms with van der Waals surface area (Å²) in [5.41, 5.74) is 3.31. The number of carbonyl (C=O) groups excluding carboxylic acids is 3. The van der Waals surface area contributed by atoms with Crippen molar-refractivity contribution in [2.75, 3.05) is 11.9 Å². The van der Waals surface area contributed by atoms with E-state index in [4.69, 9.17) is 0 Å². The second-order valence-electron chi connectivity index (χ2n) is 9.40. The van der Waals surface area contributed by atoms with Crippen molar-refractivity contribution in [2.45, 2.75) is 31.2 Å². The van der Waals surface area contributed by atoms with Crippen LogP contribution in [0.15, 0.2) is 48.0 Å². The molecule has 4 aliphatic rings. The molecule has 3 aliphatic carbocycles. The maximum atomic E-state index is 14.9. The van der Waals surface area contributed by atoms with Crippen LogP contribution in [0.3, 0.4) is 0 Å². The highest BCUT2D eigenvalue weighted by molar-refractivity contribution is 7.13. The van der Waals surface area contributed by atoms with Crippen LogP contribution < -0.4 is 5.32 Å². The molecular weight excluding hydrogens is 441 g/mol. The van der Waals surface area contributed by atoms with E-state index >= 15 is 0 Å². The third-order valence-electron chi connectivity index (χ3n) is 7.23. The molecule has 33 heavy (non-hydrogen) atoms. The third-order valence-corrected chi connectivity index (χ3v) is 7.92. The Balaban J connectivity index is 1.19. The number of nitrogens with one attached hydrogen (secondary N) is 1. The largest absolute Gasteiger partial charge is 0.325 e. The number of hydrogen-bond donors (Lipinski definition) is 1. The second kappa shape index (κ2) is 7.05. The first-order valence-corrected chi connectivity index (χ1v) is 11.7. The Morgan fingerprint density at radius 1 is 1.18 bits per heavy atom.